The van der Waals surface area contributed by atoms with Gasteiger partial charge in [0.05, 0.1) is 24.3 Å². The van der Waals surface area contributed by atoms with Crippen molar-refractivity contribution in [3.05, 3.63) is 95.1 Å². The Morgan fingerprint density at radius 2 is 1.43 bits per heavy atom. The normalized spacial score (nSPS) is 17.1. The highest BCUT2D eigenvalue weighted by Gasteiger charge is 2.47. The van der Waals surface area contributed by atoms with Gasteiger partial charge in [-0.1, -0.05) is 58.9 Å². The number of carbonyl (C=O) groups excluding carboxylic acids is 2. The van der Waals surface area contributed by atoms with E-state index in [1.54, 1.807) is 24.3 Å². The van der Waals surface area contributed by atoms with Crippen LogP contribution < -0.4 is 14.4 Å². The second kappa shape index (κ2) is 11.6. The highest BCUT2D eigenvalue weighted by molar-refractivity contribution is 6.51. The number of benzene rings is 3. The number of amides is 1. The first kappa shape index (κ1) is 28.9. The number of Topliss-reactive ketones (excluding diaryl/α,β-unsaturated/α-hetero) is 1. The first-order valence-corrected chi connectivity index (χ1v) is 13.8. The molecule has 1 unspecified atom stereocenters. The summed E-state index contributed by atoms with van der Waals surface area (Å²) in [5.41, 5.74) is 2.79. The van der Waals surface area contributed by atoms with Gasteiger partial charge in [-0.2, -0.15) is 0 Å². The fraction of sp³-hybridized carbons (Fsp3) is 0.353. The van der Waals surface area contributed by atoms with Crippen LogP contribution in [0.4, 0.5) is 5.69 Å². The van der Waals surface area contributed by atoms with Crippen LogP contribution in [0.3, 0.4) is 0 Å². The van der Waals surface area contributed by atoms with E-state index in [-0.39, 0.29) is 22.9 Å². The lowest BCUT2D eigenvalue weighted by molar-refractivity contribution is -0.132. The van der Waals surface area contributed by atoms with Crippen LogP contribution in [-0.4, -0.2) is 29.5 Å². The average molecular weight is 542 g/mol. The van der Waals surface area contributed by atoms with Crippen molar-refractivity contribution in [1.82, 2.24) is 0 Å². The Bertz CT molecular complexity index is 1380. The molecule has 3 aromatic rings. The number of aliphatic hydroxyl groups excluding tert-OH is 1. The molecule has 4 rings (SSSR count). The minimum absolute atomic E-state index is 0.00491. The van der Waals surface area contributed by atoms with Crippen LogP contribution in [0.15, 0.2) is 78.4 Å². The number of nitrogens with zero attached hydrogens (tertiary/aromatic N) is 1. The molecule has 1 amide bonds. The van der Waals surface area contributed by atoms with E-state index in [4.69, 9.17) is 9.47 Å². The maximum atomic E-state index is 13.5. The Kier molecular flexibility index (Phi) is 8.38. The molecule has 0 radical (unpaired) electrons. The first-order chi connectivity index (χ1) is 18.9. The maximum absolute atomic E-state index is 13.5. The van der Waals surface area contributed by atoms with Crippen molar-refractivity contribution in [2.45, 2.75) is 66.0 Å². The molecule has 1 saturated heterocycles. The molecule has 0 aromatic heterocycles. The standard InChI is InChI=1S/C34H39NO5/c1-21(2)20-39-27-16-10-24(11-17-27)31(36)29-30(23-8-18-28(19-9-23)40-22(3)4)35(33(38)32(29)37)26-14-12-25(13-15-26)34(5,6)7/h8-19,21-22,30,36H,20H2,1-7H3/b31-29+. The van der Waals surface area contributed by atoms with Crippen LogP contribution in [0.1, 0.15) is 71.2 Å². The highest BCUT2D eigenvalue weighted by Crippen LogP contribution is 2.43. The summed E-state index contributed by atoms with van der Waals surface area (Å²) in [5, 5.41) is 11.5. The van der Waals surface area contributed by atoms with Gasteiger partial charge in [-0.15, -0.1) is 0 Å². The summed E-state index contributed by atoms with van der Waals surface area (Å²) >= 11 is 0. The molecule has 210 valence electrons. The third-order valence-electron chi connectivity index (χ3n) is 6.73. The van der Waals surface area contributed by atoms with Crippen LogP contribution in [0.2, 0.25) is 0 Å². The summed E-state index contributed by atoms with van der Waals surface area (Å²) in [7, 11) is 0. The maximum Gasteiger partial charge on any atom is 0.300 e. The molecule has 1 N–H and O–H groups in total. The molecule has 1 fully saturated rings. The number of ether oxygens (including phenoxy) is 2. The summed E-state index contributed by atoms with van der Waals surface area (Å²) in [5.74, 6) is 0.0811. The van der Waals surface area contributed by atoms with E-state index < -0.39 is 17.7 Å². The SMILES string of the molecule is CC(C)COc1ccc(/C(O)=C2\C(=O)C(=O)N(c3ccc(C(C)(C)C)cc3)C2c2ccc(OC(C)C)cc2)cc1. The highest BCUT2D eigenvalue weighted by atomic mass is 16.5. The molecule has 0 aliphatic carbocycles. The third-order valence-corrected chi connectivity index (χ3v) is 6.73. The molecular weight excluding hydrogens is 502 g/mol. The van der Waals surface area contributed by atoms with Crippen LogP contribution in [0.5, 0.6) is 11.5 Å². The van der Waals surface area contributed by atoms with Crippen molar-refractivity contribution in [3.63, 3.8) is 0 Å². The average Bonchev–Trinajstić information content (AvgIpc) is 3.17. The molecule has 40 heavy (non-hydrogen) atoms. The second-order valence-electron chi connectivity index (χ2n) is 11.9. The molecular formula is C34H39NO5. The minimum Gasteiger partial charge on any atom is -0.507 e. The van der Waals surface area contributed by atoms with E-state index in [2.05, 4.69) is 34.6 Å². The lowest BCUT2D eigenvalue weighted by atomic mass is 9.87. The molecule has 1 aliphatic heterocycles. The van der Waals surface area contributed by atoms with E-state index in [0.29, 0.717) is 40.8 Å². The van der Waals surface area contributed by atoms with Gasteiger partial charge in [-0.25, -0.2) is 0 Å². The number of aliphatic hydroxyl groups is 1. The van der Waals surface area contributed by atoms with Crippen molar-refractivity contribution < 1.29 is 24.2 Å². The van der Waals surface area contributed by atoms with Gasteiger partial charge in [-0.3, -0.25) is 14.5 Å². The molecule has 0 saturated carbocycles. The van der Waals surface area contributed by atoms with Crippen molar-refractivity contribution in [2.75, 3.05) is 11.5 Å². The smallest absolute Gasteiger partial charge is 0.300 e. The quantitative estimate of drug-likeness (QED) is 0.182. The monoisotopic (exact) mass is 541 g/mol. The summed E-state index contributed by atoms with van der Waals surface area (Å²) in [6.45, 7) is 15.0. The van der Waals surface area contributed by atoms with Gasteiger partial charge in [0.1, 0.15) is 17.3 Å². The predicted octanol–water partition coefficient (Wildman–Crippen LogP) is 7.43. The summed E-state index contributed by atoms with van der Waals surface area (Å²) in [6.07, 6.45) is 0.00491. The van der Waals surface area contributed by atoms with Gasteiger partial charge >= 0.3 is 0 Å². The van der Waals surface area contributed by atoms with E-state index in [1.807, 2.05) is 62.4 Å². The Morgan fingerprint density at radius 3 is 1.95 bits per heavy atom. The van der Waals surface area contributed by atoms with Gasteiger partial charge in [0, 0.05) is 11.3 Å². The van der Waals surface area contributed by atoms with Gasteiger partial charge in [0.25, 0.3) is 11.7 Å². The zero-order valence-electron chi connectivity index (χ0n) is 24.4. The fourth-order valence-electron chi connectivity index (χ4n) is 4.66. The van der Waals surface area contributed by atoms with Crippen LogP contribution >= 0.6 is 0 Å². The second-order valence-corrected chi connectivity index (χ2v) is 11.9. The Labute approximate surface area is 237 Å². The van der Waals surface area contributed by atoms with E-state index >= 15 is 0 Å². The van der Waals surface area contributed by atoms with Crippen molar-refractivity contribution in [1.29, 1.82) is 0 Å². The lowest BCUT2D eigenvalue weighted by Gasteiger charge is -2.27. The molecule has 1 aliphatic rings. The van der Waals surface area contributed by atoms with Crippen LogP contribution in [0.25, 0.3) is 5.76 Å². The van der Waals surface area contributed by atoms with Gasteiger partial charge in [0.2, 0.25) is 0 Å². The van der Waals surface area contributed by atoms with E-state index in [1.165, 1.54) is 4.90 Å². The molecule has 1 heterocycles. The van der Waals surface area contributed by atoms with Crippen molar-refractivity contribution in [2.24, 2.45) is 5.92 Å². The van der Waals surface area contributed by atoms with Crippen molar-refractivity contribution in [3.8, 4) is 11.5 Å². The fourth-order valence-corrected chi connectivity index (χ4v) is 4.66. The van der Waals surface area contributed by atoms with Crippen LogP contribution in [-0.2, 0) is 15.0 Å². The molecule has 1 atom stereocenters. The molecule has 3 aromatic carbocycles. The predicted molar refractivity (Wildman–Crippen MR) is 159 cm³/mol. The Hall–Kier alpha value is -4.06. The van der Waals surface area contributed by atoms with E-state index in [9.17, 15) is 14.7 Å². The van der Waals surface area contributed by atoms with Crippen molar-refractivity contribution >= 4 is 23.1 Å². The van der Waals surface area contributed by atoms with Gasteiger partial charge in [0.15, 0.2) is 0 Å². The zero-order valence-corrected chi connectivity index (χ0v) is 24.4. The third kappa shape index (κ3) is 6.22. The number of ketones is 1. The molecule has 6 heteroatoms. The summed E-state index contributed by atoms with van der Waals surface area (Å²) in [6, 6.07) is 21.1. The minimum atomic E-state index is -0.814. The zero-order chi connectivity index (χ0) is 29.2. The van der Waals surface area contributed by atoms with Gasteiger partial charge < -0.3 is 14.6 Å². The number of hydrogen-bond acceptors (Lipinski definition) is 5. The Morgan fingerprint density at radius 1 is 0.850 bits per heavy atom. The molecule has 0 spiro atoms. The van der Waals surface area contributed by atoms with Crippen LogP contribution in [0, 0.1) is 5.92 Å². The number of carbonyl (C=O) groups is 2. The lowest BCUT2D eigenvalue weighted by Crippen LogP contribution is -2.29. The largest absolute Gasteiger partial charge is 0.507 e. The number of hydrogen-bond donors (Lipinski definition) is 1. The Balaban J connectivity index is 1.80. The van der Waals surface area contributed by atoms with Gasteiger partial charge in [-0.05, 0) is 84.8 Å². The number of anilines is 1. The first-order valence-electron chi connectivity index (χ1n) is 13.8. The molecule has 0 bridgehead atoms. The topological polar surface area (TPSA) is 76.1 Å². The molecule has 6 nitrogen and oxygen atoms in total. The van der Waals surface area contributed by atoms with E-state index in [0.717, 1.165) is 5.56 Å². The summed E-state index contributed by atoms with van der Waals surface area (Å²) < 4.78 is 11.6. The summed E-state index contributed by atoms with van der Waals surface area (Å²) in [4.78, 5) is 28.5. The number of rotatable bonds is 8.